The van der Waals surface area contributed by atoms with Gasteiger partial charge in [-0.05, 0) is 27.2 Å². The molecule has 0 aliphatic carbocycles. The Morgan fingerprint density at radius 2 is 1.88 bits per heavy atom. The van der Waals surface area contributed by atoms with Crippen LogP contribution in [0.4, 0.5) is 0 Å². The van der Waals surface area contributed by atoms with Crippen molar-refractivity contribution in [3.05, 3.63) is 0 Å². The maximum atomic E-state index is 11.4. The lowest BCUT2D eigenvalue weighted by molar-refractivity contribution is -0.142. The van der Waals surface area contributed by atoms with Crippen molar-refractivity contribution in [2.24, 2.45) is 5.92 Å². The Morgan fingerprint density at radius 1 is 1.31 bits per heavy atom. The molecule has 5 nitrogen and oxygen atoms in total. The normalized spacial score (nSPS) is 16.2. The summed E-state index contributed by atoms with van der Waals surface area (Å²) in [4.78, 5) is 22.1. The van der Waals surface area contributed by atoms with Gasteiger partial charge in [0.25, 0.3) is 0 Å². The fourth-order valence-corrected chi connectivity index (χ4v) is 1.12. The van der Waals surface area contributed by atoms with Crippen LogP contribution in [0, 0.1) is 5.92 Å². The van der Waals surface area contributed by atoms with Gasteiger partial charge in [0.05, 0.1) is 12.0 Å². The average molecular weight is 231 g/mol. The Morgan fingerprint density at radius 3 is 2.31 bits per heavy atom. The number of carboxylic acid groups (broad SMARTS) is 1. The van der Waals surface area contributed by atoms with Crippen molar-refractivity contribution < 1.29 is 19.4 Å². The van der Waals surface area contributed by atoms with Crippen molar-refractivity contribution in [2.45, 2.75) is 45.8 Å². The summed E-state index contributed by atoms with van der Waals surface area (Å²) in [6.45, 7) is 5.15. The van der Waals surface area contributed by atoms with E-state index in [1.165, 1.54) is 0 Å². The molecule has 5 heteroatoms. The molecule has 0 aromatic heterocycles. The summed E-state index contributed by atoms with van der Waals surface area (Å²) in [6.07, 6.45) is 1.03. The maximum absolute atomic E-state index is 11.4. The van der Waals surface area contributed by atoms with Crippen LogP contribution in [0.3, 0.4) is 0 Å². The molecule has 0 bridgehead atoms. The Hall–Kier alpha value is -1.10. The summed E-state index contributed by atoms with van der Waals surface area (Å²) in [6, 6.07) is -0.358. The van der Waals surface area contributed by atoms with Gasteiger partial charge in [0.2, 0.25) is 5.91 Å². The molecular formula is C11H21NO4. The molecule has 0 rings (SSSR count). The Labute approximate surface area is 96.2 Å². The van der Waals surface area contributed by atoms with Gasteiger partial charge < -0.3 is 15.2 Å². The standard InChI is InChI=1S/C11H21NO4/c1-7(16-4)5-6-10(13)12-9(3)8(2)11(14)15/h7-9H,5-6H2,1-4H3,(H,12,13)(H,14,15). The number of nitrogens with one attached hydrogen (secondary N) is 1. The summed E-state index contributed by atoms with van der Waals surface area (Å²) in [5.41, 5.74) is 0. The number of hydrogen-bond acceptors (Lipinski definition) is 3. The summed E-state index contributed by atoms with van der Waals surface area (Å²) in [5, 5.41) is 11.4. The number of amides is 1. The second kappa shape index (κ2) is 7.22. The summed E-state index contributed by atoms with van der Waals surface area (Å²) in [7, 11) is 1.59. The molecule has 0 saturated carbocycles. The van der Waals surface area contributed by atoms with Gasteiger partial charge in [-0.2, -0.15) is 0 Å². The average Bonchev–Trinajstić information content (AvgIpc) is 2.24. The molecule has 0 aliphatic heterocycles. The molecule has 3 unspecified atom stereocenters. The maximum Gasteiger partial charge on any atom is 0.308 e. The van der Waals surface area contributed by atoms with E-state index in [1.807, 2.05) is 6.92 Å². The first-order valence-electron chi connectivity index (χ1n) is 5.43. The van der Waals surface area contributed by atoms with E-state index in [2.05, 4.69) is 5.32 Å². The first kappa shape index (κ1) is 14.9. The SMILES string of the molecule is COC(C)CCC(=O)NC(C)C(C)C(=O)O. The fraction of sp³-hybridized carbons (Fsp3) is 0.818. The van der Waals surface area contributed by atoms with Crippen LogP contribution >= 0.6 is 0 Å². The molecular weight excluding hydrogens is 210 g/mol. The van der Waals surface area contributed by atoms with E-state index >= 15 is 0 Å². The van der Waals surface area contributed by atoms with Crippen molar-refractivity contribution in [2.75, 3.05) is 7.11 Å². The van der Waals surface area contributed by atoms with Crippen LogP contribution in [0.2, 0.25) is 0 Å². The summed E-state index contributed by atoms with van der Waals surface area (Å²) in [5.74, 6) is -1.62. The first-order valence-corrected chi connectivity index (χ1v) is 5.43. The molecule has 0 radical (unpaired) electrons. The van der Waals surface area contributed by atoms with Crippen molar-refractivity contribution in [1.29, 1.82) is 0 Å². The number of methoxy groups -OCH3 is 1. The van der Waals surface area contributed by atoms with E-state index in [0.717, 1.165) is 0 Å². The van der Waals surface area contributed by atoms with E-state index in [9.17, 15) is 9.59 Å². The molecule has 0 spiro atoms. The lowest BCUT2D eigenvalue weighted by Crippen LogP contribution is -2.40. The minimum Gasteiger partial charge on any atom is -0.481 e. The Bertz CT molecular complexity index is 242. The highest BCUT2D eigenvalue weighted by atomic mass is 16.5. The van der Waals surface area contributed by atoms with E-state index in [1.54, 1.807) is 21.0 Å². The molecule has 94 valence electrons. The number of aliphatic carboxylic acids is 1. The van der Waals surface area contributed by atoms with Crippen molar-refractivity contribution >= 4 is 11.9 Å². The van der Waals surface area contributed by atoms with Crippen molar-refractivity contribution in [1.82, 2.24) is 5.32 Å². The third-order valence-corrected chi connectivity index (χ3v) is 2.71. The van der Waals surface area contributed by atoms with Gasteiger partial charge in [0, 0.05) is 19.6 Å². The lowest BCUT2D eigenvalue weighted by Gasteiger charge is -2.18. The predicted molar refractivity (Wildman–Crippen MR) is 60.1 cm³/mol. The van der Waals surface area contributed by atoms with E-state index < -0.39 is 11.9 Å². The molecule has 0 saturated heterocycles. The Kier molecular flexibility index (Phi) is 6.72. The summed E-state index contributed by atoms with van der Waals surface area (Å²) < 4.78 is 5.02. The first-order chi connectivity index (χ1) is 7.38. The zero-order valence-corrected chi connectivity index (χ0v) is 10.3. The highest BCUT2D eigenvalue weighted by Gasteiger charge is 2.20. The molecule has 0 heterocycles. The van der Waals surface area contributed by atoms with Gasteiger partial charge in [-0.15, -0.1) is 0 Å². The zero-order chi connectivity index (χ0) is 12.7. The summed E-state index contributed by atoms with van der Waals surface area (Å²) >= 11 is 0. The van der Waals surface area contributed by atoms with E-state index in [0.29, 0.717) is 12.8 Å². The lowest BCUT2D eigenvalue weighted by atomic mass is 10.0. The van der Waals surface area contributed by atoms with Crippen LogP contribution in [0.25, 0.3) is 0 Å². The van der Waals surface area contributed by atoms with Crippen LogP contribution in [-0.4, -0.2) is 36.2 Å². The van der Waals surface area contributed by atoms with Crippen LogP contribution in [-0.2, 0) is 14.3 Å². The van der Waals surface area contributed by atoms with Gasteiger partial charge >= 0.3 is 5.97 Å². The molecule has 2 N–H and O–H groups in total. The second-order valence-electron chi connectivity index (χ2n) is 4.07. The minimum absolute atomic E-state index is 0.0398. The number of carboxylic acids is 1. The van der Waals surface area contributed by atoms with Crippen LogP contribution < -0.4 is 5.32 Å². The number of carbonyl (C=O) groups is 2. The van der Waals surface area contributed by atoms with Gasteiger partial charge in [-0.25, -0.2) is 0 Å². The predicted octanol–water partition coefficient (Wildman–Crippen LogP) is 1.03. The molecule has 0 aromatic carbocycles. The third-order valence-electron chi connectivity index (χ3n) is 2.71. The van der Waals surface area contributed by atoms with Gasteiger partial charge in [-0.1, -0.05) is 0 Å². The Balaban J connectivity index is 3.91. The number of carbonyl (C=O) groups excluding carboxylic acids is 1. The quantitative estimate of drug-likeness (QED) is 0.686. The van der Waals surface area contributed by atoms with Gasteiger partial charge in [0.1, 0.15) is 0 Å². The van der Waals surface area contributed by atoms with Crippen molar-refractivity contribution in [3.63, 3.8) is 0 Å². The second-order valence-corrected chi connectivity index (χ2v) is 4.07. The molecule has 0 fully saturated rings. The monoisotopic (exact) mass is 231 g/mol. The van der Waals surface area contributed by atoms with Crippen LogP contribution in [0.15, 0.2) is 0 Å². The smallest absolute Gasteiger partial charge is 0.308 e. The zero-order valence-electron chi connectivity index (χ0n) is 10.3. The number of hydrogen-bond donors (Lipinski definition) is 2. The molecule has 0 aromatic rings. The highest BCUT2D eigenvalue weighted by Crippen LogP contribution is 2.04. The van der Waals surface area contributed by atoms with Crippen LogP contribution in [0.5, 0.6) is 0 Å². The fourth-order valence-electron chi connectivity index (χ4n) is 1.12. The number of rotatable bonds is 7. The number of ether oxygens (including phenoxy) is 1. The largest absolute Gasteiger partial charge is 0.481 e. The van der Waals surface area contributed by atoms with E-state index in [4.69, 9.17) is 9.84 Å². The van der Waals surface area contributed by atoms with Crippen LogP contribution in [0.1, 0.15) is 33.6 Å². The molecule has 16 heavy (non-hydrogen) atoms. The van der Waals surface area contributed by atoms with Gasteiger partial charge in [0.15, 0.2) is 0 Å². The third kappa shape index (κ3) is 5.70. The minimum atomic E-state index is -0.905. The highest BCUT2D eigenvalue weighted by molar-refractivity contribution is 5.77. The van der Waals surface area contributed by atoms with E-state index in [-0.39, 0.29) is 18.1 Å². The molecule has 0 aliphatic rings. The topological polar surface area (TPSA) is 75.6 Å². The molecule has 1 amide bonds. The van der Waals surface area contributed by atoms with Crippen molar-refractivity contribution in [3.8, 4) is 0 Å². The van der Waals surface area contributed by atoms with Gasteiger partial charge in [-0.3, -0.25) is 9.59 Å². The molecule has 3 atom stereocenters.